The lowest BCUT2D eigenvalue weighted by Crippen LogP contribution is -2.40. The first-order chi connectivity index (χ1) is 19.9. The van der Waals surface area contributed by atoms with E-state index in [0.717, 1.165) is 16.7 Å². The first-order valence-corrected chi connectivity index (χ1v) is 13.4. The summed E-state index contributed by atoms with van der Waals surface area (Å²) in [5, 5.41) is 11.0. The first kappa shape index (κ1) is 28.7. The minimum absolute atomic E-state index is 0.0127. The average molecular weight is 559 g/mol. The van der Waals surface area contributed by atoms with Crippen LogP contribution in [0, 0.1) is 0 Å². The molecule has 9 nitrogen and oxygen atoms in total. The Morgan fingerprint density at radius 2 is 1.73 bits per heavy atom. The second-order valence-corrected chi connectivity index (χ2v) is 10.0. The number of hydrogen-bond acceptors (Lipinski definition) is 7. The number of ether oxygens (including phenoxy) is 4. The van der Waals surface area contributed by atoms with E-state index in [2.05, 4.69) is 11.6 Å². The molecule has 1 aliphatic heterocycles. The summed E-state index contributed by atoms with van der Waals surface area (Å²) in [6, 6.07) is 19.7. The van der Waals surface area contributed by atoms with Gasteiger partial charge in [0.05, 0.1) is 18.3 Å². The van der Waals surface area contributed by atoms with Crippen LogP contribution in [0.1, 0.15) is 35.8 Å². The minimum atomic E-state index is -1.06. The lowest BCUT2D eigenvalue weighted by atomic mass is 9.77. The summed E-state index contributed by atoms with van der Waals surface area (Å²) < 4.78 is 25.6. The number of rotatable bonds is 10. The van der Waals surface area contributed by atoms with Crippen LogP contribution in [0.5, 0.6) is 0 Å². The smallest absolute Gasteiger partial charge is 0.330 e. The van der Waals surface area contributed by atoms with Gasteiger partial charge >= 0.3 is 5.69 Å². The van der Waals surface area contributed by atoms with E-state index in [1.165, 1.54) is 16.8 Å². The highest BCUT2D eigenvalue weighted by Crippen LogP contribution is 2.44. The van der Waals surface area contributed by atoms with Gasteiger partial charge in [-0.2, -0.15) is 0 Å². The van der Waals surface area contributed by atoms with Crippen molar-refractivity contribution in [3.8, 4) is 0 Å². The molecule has 2 heterocycles. The van der Waals surface area contributed by atoms with Crippen molar-refractivity contribution in [2.24, 2.45) is 0 Å². The number of aliphatic hydroxyl groups is 1. The van der Waals surface area contributed by atoms with Gasteiger partial charge in [-0.05, 0) is 22.8 Å². The van der Waals surface area contributed by atoms with Crippen molar-refractivity contribution in [1.29, 1.82) is 0 Å². The van der Waals surface area contributed by atoms with Crippen molar-refractivity contribution in [3.63, 3.8) is 0 Å². The molecule has 0 radical (unpaired) electrons. The molecule has 2 aromatic carbocycles. The van der Waals surface area contributed by atoms with E-state index in [1.54, 1.807) is 14.2 Å². The van der Waals surface area contributed by atoms with Gasteiger partial charge in [-0.15, -0.1) is 0 Å². The minimum Gasteiger partial charge on any atom is -0.390 e. The lowest BCUT2D eigenvalue weighted by Gasteiger charge is -2.40. The van der Waals surface area contributed by atoms with Crippen LogP contribution in [0.15, 0.2) is 107 Å². The van der Waals surface area contributed by atoms with Gasteiger partial charge in [0.15, 0.2) is 5.79 Å². The maximum absolute atomic E-state index is 12.5. The number of aliphatic hydroxyl groups excluding tert-OH is 1. The number of hydrogen-bond donors (Lipinski definition) is 2. The van der Waals surface area contributed by atoms with Crippen LogP contribution in [0.3, 0.4) is 0 Å². The summed E-state index contributed by atoms with van der Waals surface area (Å²) in [5.74, 6) is -0.880. The number of nitrogens with zero attached hydrogens (tertiary/aromatic N) is 1. The molecule has 0 saturated carbocycles. The zero-order valence-electron chi connectivity index (χ0n) is 23.1. The first-order valence-electron chi connectivity index (χ1n) is 13.4. The zero-order valence-corrected chi connectivity index (χ0v) is 23.1. The van der Waals surface area contributed by atoms with Gasteiger partial charge < -0.3 is 24.1 Å². The summed E-state index contributed by atoms with van der Waals surface area (Å²) >= 11 is 0. The summed E-state index contributed by atoms with van der Waals surface area (Å²) in [7, 11) is 3.21. The standard InChI is InChI=1S/C32H34N2O7/c1-4-22-20-34(30(37)33-29(22)36)28-19-26(35)27(41-28)21-40-32(23-11-7-5-8-12-23,24-13-9-6-10-14-24)25-15-17-31(38-2,39-3)18-16-25/h4-17,20,26-28,35H,1,18-19,21H2,2-3H3,(H,33,36,37)/t26-,27+,28+/m0/s1. The molecule has 0 amide bonds. The van der Waals surface area contributed by atoms with E-state index in [9.17, 15) is 14.7 Å². The summed E-state index contributed by atoms with van der Waals surface area (Å²) in [5.41, 5.74) is 0.667. The SMILES string of the molecule is C=Cc1cn([C@H]2C[C@H](O)[C@@H](COC(C3=CCC(OC)(OC)C=C3)(c3ccccc3)c3ccccc3)O2)c(=O)[nH]c1=O. The molecule has 2 N–H and O–H groups in total. The molecule has 2 aliphatic rings. The number of benzene rings is 2. The van der Waals surface area contributed by atoms with Crippen LogP contribution in [-0.4, -0.2) is 53.5 Å². The Balaban J connectivity index is 1.51. The highest BCUT2D eigenvalue weighted by Gasteiger charge is 2.44. The van der Waals surface area contributed by atoms with E-state index in [1.807, 2.05) is 78.9 Å². The fraction of sp³-hybridized carbons (Fsp3) is 0.312. The molecular weight excluding hydrogens is 524 g/mol. The van der Waals surface area contributed by atoms with Crippen LogP contribution in [0.2, 0.25) is 0 Å². The maximum Gasteiger partial charge on any atom is 0.330 e. The van der Waals surface area contributed by atoms with Crippen LogP contribution in [-0.2, 0) is 24.5 Å². The second kappa shape index (κ2) is 11.9. The molecule has 0 spiro atoms. The van der Waals surface area contributed by atoms with Gasteiger partial charge in [0, 0.05) is 33.3 Å². The van der Waals surface area contributed by atoms with Crippen LogP contribution >= 0.6 is 0 Å². The lowest BCUT2D eigenvalue weighted by molar-refractivity contribution is -0.168. The maximum atomic E-state index is 12.5. The number of nitrogens with one attached hydrogen (secondary N) is 1. The van der Waals surface area contributed by atoms with Crippen molar-refractivity contribution < 1.29 is 24.1 Å². The summed E-state index contributed by atoms with van der Waals surface area (Å²) in [4.78, 5) is 26.8. The third-order valence-electron chi connectivity index (χ3n) is 7.78. The van der Waals surface area contributed by atoms with Gasteiger partial charge in [0.1, 0.15) is 17.9 Å². The third-order valence-corrected chi connectivity index (χ3v) is 7.78. The van der Waals surface area contributed by atoms with Crippen molar-refractivity contribution in [1.82, 2.24) is 9.55 Å². The van der Waals surface area contributed by atoms with Crippen molar-refractivity contribution in [2.75, 3.05) is 20.8 Å². The molecule has 3 aromatic rings. The largest absolute Gasteiger partial charge is 0.390 e. The predicted octanol–water partition coefficient (Wildman–Crippen LogP) is 3.66. The van der Waals surface area contributed by atoms with Crippen molar-refractivity contribution in [2.45, 2.75) is 42.7 Å². The molecule has 1 aliphatic carbocycles. The average Bonchev–Trinajstić information content (AvgIpc) is 3.38. The van der Waals surface area contributed by atoms with Gasteiger partial charge in [-0.25, -0.2) is 4.79 Å². The topological polar surface area (TPSA) is 112 Å². The molecule has 1 saturated heterocycles. The molecule has 214 valence electrons. The third kappa shape index (κ3) is 5.42. The van der Waals surface area contributed by atoms with Gasteiger partial charge in [0.25, 0.3) is 5.56 Å². The summed E-state index contributed by atoms with van der Waals surface area (Å²) in [6.45, 7) is 3.64. The number of H-pyrrole nitrogens is 1. The summed E-state index contributed by atoms with van der Waals surface area (Å²) in [6.07, 6.45) is 6.77. The van der Waals surface area contributed by atoms with E-state index in [4.69, 9.17) is 18.9 Å². The Morgan fingerprint density at radius 1 is 1.10 bits per heavy atom. The molecule has 1 fully saturated rings. The number of methoxy groups -OCH3 is 2. The Hall–Kier alpha value is -3.86. The fourth-order valence-electron chi connectivity index (χ4n) is 5.45. The predicted molar refractivity (Wildman–Crippen MR) is 154 cm³/mol. The highest BCUT2D eigenvalue weighted by atomic mass is 16.7. The second-order valence-electron chi connectivity index (χ2n) is 10.0. The van der Waals surface area contributed by atoms with E-state index in [0.29, 0.717) is 6.42 Å². The van der Waals surface area contributed by atoms with Gasteiger partial charge in [0.2, 0.25) is 0 Å². The van der Waals surface area contributed by atoms with Crippen molar-refractivity contribution >= 4 is 6.08 Å². The fourth-order valence-corrected chi connectivity index (χ4v) is 5.45. The number of aromatic nitrogens is 2. The monoisotopic (exact) mass is 558 g/mol. The normalized spacial score (nSPS) is 21.9. The van der Waals surface area contributed by atoms with Crippen LogP contribution in [0.25, 0.3) is 6.08 Å². The highest BCUT2D eigenvalue weighted by molar-refractivity contribution is 5.51. The Bertz CT molecular complexity index is 1500. The molecule has 9 heteroatoms. The Labute approximate surface area is 238 Å². The van der Waals surface area contributed by atoms with Crippen molar-refractivity contribution in [3.05, 3.63) is 135 Å². The molecule has 5 rings (SSSR count). The number of aromatic amines is 1. The molecule has 0 bridgehead atoms. The van der Waals surface area contributed by atoms with Crippen LogP contribution < -0.4 is 11.2 Å². The van der Waals surface area contributed by atoms with E-state index in [-0.39, 0.29) is 18.6 Å². The quantitative estimate of drug-likeness (QED) is 0.365. The van der Waals surface area contributed by atoms with E-state index >= 15 is 0 Å². The molecule has 41 heavy (non-hydrogen) atoms. The Kier molecular flexibility index (Phi) is 8.35. The Morgan fingerprint density at radius 3 is 2.27 bits per heavy atom. The molecular formula is C32H34N2O7. The molecule has 3 atom stereocenters. The van der Waals surface area contributed by atoms with E-state index < -0.39 is 41.1 Å². The molecule has 0 unspecified atom stereocenters. The molecule has 1 aromatic heterocycles. The zero-order chi connectivity index (χ0) is 29.0. The van der Waals surface area contributed by atoms with Gasteiger partial charge in [-0.3, -0.25) is 14.3 Å². The van der Waals surface area contributed by atoms with Crippen LogP contribution in [0.4, 0.5) is 0 Å². The van der Waals surface area contributed by atoms with Gasteiger partial charge in [-0.1, -0.05) is 85.5 Å².